The van der Waals surface area contributed by atoms with Crippen LogP contribution in [0, 0.1) is 5.41 Å². The number of hydrogen-bond acceptors (Lipinski definition) is 4. The fourth-order valence-electron chi connectivity index (χ4n) is 0.358. The lowest BCUT2D eigenvalue weighted by Crippen LogP contribution is -2.25. The molecule has 0 heterocycles. The minimum Gasteiger partial charge on any atom is -0.369 e. The Kier molecular flexibility index (Phi) is 13.4. The van der Waals surface area contributed by atoms with Gasteiger partial charge in [0.1, 0.15) is 0 Å². The second-order valence-electron chi connectivity index (χ2n) is 2.05. The van der Waals surface area contributed by atoms with Gasteiger partial charge in [0.2, 0.25) is 11.9 Å². The molecular formula is C5H14Cl2N8. The van der Waals surface area contributed by atoms with Crippen molar-refractivity contribution in [3.8, 4) is 0 Å². The molecule has 0 rings (SSSR count). The molecule has 0 saturated carbocycles. The fraction of sp³-hybridized carbons (Fsp3) is 0.200. The molecule has 0 aliphatic carbocycles. The van der Waals surface area contributed by atoms with Crippen LogP contribution in [0.25, 0.3) is 0 Å². The van der Waals surface area contributed by atoms with E-state index in [4.69, 9.17) is 22.6 Å². The molecule has 0 radical (unpaired) electrons. The summed E-state index contributed by atoms with van der Waals surface area (Å²) in [4.78, 5) is 0. The van der Waals surface area contributed by atoms with Gasteiger partial charge in [0.05, 0.1) is 11.9 Å². The van der Waals surface area contributed by atoms with E-state index in [9.17, 15) is 0 Å². The normalized spacial score (nSPS) is 9.80. The van der Waals surface area contributed by atoms with Gasteiger partial charge >= 0.3 is 0 Å². The van der Waals surface area contributed by atoms with Gasteiger partial charge in [0, 0.05) is 0 Å². The van der Waals surface area contributed by atoms with Crippen molar-refractivity contribution in [2.24, 2.45) is 32.5 Å². The quantitative estimate of drug-likeness (QED) is 0.249. The molecule has 0 bridgehead atoms. The van der Waals surface area contributed by atoms with Crippen molar-refractivity contribution < 1.29 is 0 Å². The third-order valence-corrected chi connectivity index (χ3v) is 0.760. The van der Waals surface area contributed by atoms with E-state index >= 15 is 0 Å². The summed E-state index contributed by atoms with van der Waals surface area (Å²) < 4.78 is 0. The number of hydrazone groups is 1. The smallest absolute Gasteiger partial charge is 0.211 e. The van der Waals surface area contributed by atoms with Crippen molar-refractivity contribution in [3.05, 3.63) is 0 Å². The van der Waals surface area contributed by atoms with Crippen LogP contribution >= 0.6 is 24.8 Å². The Morgan fingerprint density at radius 1 is 1.20 bits per heavy atom. The maximum Gasteiger partial charge on any atom is 0.211 e. The SMILES string of the molecule is CC(C=NNC(=N)N)=NN=C(N)N.Cl.Cl. The number of halogens is 2. The monoisotopic (exact) mass is 256 g/mol. The maximum atomic E-state index is 6.75. The Morgan fingerprint density at radius 3 is 2.13 bits per heavy atom. The minimum absolute atomic E-state index is 0. The average Bonchev–Trinajstić information content (AvgIpc) is 2.00. The molecule has 0 unspecified atom stereocenters. The van der Waals surface area contributed by atoms with Gasteiger partial charge in [-0.25, -0.2) is 5.43 Å². The number of nitrogens with two attached hydrogens (primary N) is 3. The van der Waals surface area contributed by atoms with Gasteiger partial charge in [-0.2, -0.15) is 10.2 Å². The molecule has 8 N–H and O–H groups in total. The van der Waals surface area contributed by atoms with Crippen molar-refractivity contribution in [2.75, 3.05) is 0 Å². The molecule has 15 heavy (non-hydrogen) atoms. The van der Waals surface area contributed by atoms with Gasteiger partial charge in [-0.15, -0.1) is 29.9 Å². The van der Waals surface area contributed by atoms with E-state index in [1.165, 1.54) is 6.21 Å². The van der Waals surface area contributed by atoms with E-state index in [1.54, 1.807) is 6.92 Å². The van der Waals surface area contributed by atoms with Gasteiger partial charge in [0.25, 0.3) is 0 Å². The first-order valence-electron chi connectivity index (χ1n) is 3.28. The second kappa shape index (κ2) is 10.5. The first kappa shape index (κ1) is 19.1. The van der Waals surface area contributed by atoms with Gasteiger partial charge in [-0.05, 0) is 6.92 Å². The van der Waals surface area contributed by atoms with Crippen LogP contribution in [0.5, 0.6) is 0 Å². The fourth-order valence-corrected chi connectivity index (χ4v) is 0.358. The van der Waals surface area contributed by atoms with Crippen molar-refractivity contribution in [1.82, 2.24) is 5.43 Å². The second-order valence-corrected chi connectivity index (χ2v) is 2.05. The summed E-state index contributed by atoms with van der Waals surface area (Å²) >= 11 is 0. The van der Waals surface area contributed by atoms with Crippen molar-refractivity contribution in [3.63, 3.8) is 0 Å². The third-order valence-electron chi connectivity index (χ3n) is 0.760. The largest absolute Gasteiger partial charge is 0.369 e. The molecule has 0 aliphatic rings. The molecule has 8 nitrogen and oxygen atoms in total. The lowest BCUT2D eigenvalue weighted by molar-refractivity contribution is 1.00. The highest BCUT2D eigenvalue weighted by Crippen LogP contribution is 1.74. The summed E-state index contributed by atoms with van der Waals surface area (Å²) in [5, 5.41) is 17.2. The summed E-state index contributed by atoms with van der Waals surface area (Å²) in [6, 6.07) is 0. The number of nitrogens with zero attached hydrogens (tertiary/aromatic N) is 3. The zero-order valence-electron chi connectivity index (χ0n) is 7.97. The number of rotatable bonds is 3. The number of hydrogen-bond donors (Lipinski definition) is 5. The Balaban J connectivity index is -0.000000720. The Labute approximate surface area is 99.4 Å². The summed E-state index contributed by atoms with van der Waals surface area (Å²) in [6.45, 7) is 1.64. The summed E-state index contributed by atoms with van der Waals surface area (Å²) in [7, 11) is 0. The van der Waals surface area contributed by atoms with Crippen LogP contribution in [-0.2, 0) is 0 Å². The Morgan fingerprint density at radius 2 is 1.73 bits per heavy atom. The summed E-state index contributed by atoms with van der Waals surface area (Å²) in [5.74, 6) is -0.391. The first-order valence-corrected chi connectivity index (χ1v) is 3.28. The van der Waals surface area contributed by atoms with E-state index in [-0.39, 0.29) is 36.7 Å². The molecular weight excluding hydrogens is 243 g/mol. The zero-order valence-corrected chi connectivity index (χ0v) is 9.60. The first-order chi connectivity index (χ1) is 6.02. The minimum atomic E-state index is -0.258. The van der Waals surface area contributed by atoms with Crippen LogP contribution in [0.4, 0.5) is 0 Å². The predicted molar refractivity (Wildman–Crippen MR) is 67.0 cm³/mol. The van der Waals surface area contributed by atoms with E-state index in [0.717, 1.165) is 0 Å². The van der Waals surface area contributed by atoms with Crippen molar-refractivity contribution in [2.45, 2.75) is 6.92 Å². The molecule has 0 spiro atoms. The van der Waals surface area contributed by atoms with E-state index in [1.807, 2.05) is 0 Å². The van der Waals surface area contributed by atoms with E-state index in [2.05, 4.69) is 20.7 Å². The van der Waals surface area contributed by atoms with E-state index < -0.39 is 0 Å². The third kappa shape index (κ3) is 15.2. The van der Waals surface area contributed by atoms with Crippen LogP contribution in [0.15, 0.2) is 15.3 Å². The number of guanidine groups is 2. The summed E-state index contributed by atoms with van der Waals surface area (Å²) in [6.07, 6.45) is 1.33. The molecule has 0 aliphatic heterocycles. The van der Waals surface area contributed by atoms with Crippen LogP contribution in [-0.4, -0.2) is 23.8 Å². The highest BCUT2D eigenvalue weighted by molar-refractivity contribution is 6.29. The molecule has 0 aromatic rings. The maximum absolute atomic E-state index is 6.75. The topological polar surface area (TPSA) is 151 Å². The molecule has 0 aromatic carbocycles. The molecule has 0 saturated heterocycles. The zero-order chi connectivity index (χ0) is 10.3. The molecule has 88 valence electrons. The molecule has 0 aromatic heterocycles. The summed E-state index contributed by atoms with van der Waals surface area (Å²) in [5.41, 5.74) is 17.7. The molecule has 0 fully saturated rings. The van der Waals surface area contributed by atoms with Crippen molar-refractivity contribution >= 4 is 48.7 Å². The van der Waals surface area contributed by atoms with Crippen LogP contribution in [0.1, 0.15) is 6.92 Å². The lowest BCUT2D eigenvalue weighted by atomic mass is 10.5. The van der Waals surface area contributed by atoms with Crippen LogP contribution in [0.2, 0.25) is 0 Å². The van der Waals surface area contributed by atoms with Gasteiger partial charge in [-0.3, -0.25) is 5.41 Å². The van der Waals surface area contributed by atoms with Crippen LogP contribution < -0.4 is 22.6 Å². The highest BCUT2D eigenvalue weighted by Gasteiger charge is 1.84. The van der Waals surface area contributed by atoms with Gasteiger partial charge in [0.15, 0.2) is 0 Å². The van der Waals surface area contributed by atoms with Crippen LogP contribution in [0.3, 0.4) is 0 Å². The average molecular weight is 257 g/mol. The van der Waals surface area contributed by atoms with Gasteiger partial charge in [-0.1, -0.05) is 0 Å². The predicted octanol–water partition coefficient (Wildman–Crippen LogP) is -1.05. The van der Waals surface area contributed by atoms with Crippen molar-refractivity contribution in [1.29, 1.82) is 5.41 Å². The number of nitrogens with one attached hydrogen (secondary N) is 2. The van der Waals surface area contributed by atoms with E-state index in [0.29, 0.717) is 5.71 Å². The molecule has 0 atom stereocenters. The lowest BCUT2D eigenvalue weighted by Gasteiger charge is -1.92. The standard InChI is InChI=1S/C5H12N8.2ClH/c1-3(11-13-5(8)9)2-10-12-4(6)7;;/h2H,1H3,(H4,6,7,12)(H4,8,9,13);2*1H. The molecule has 10 heteroatoms. The van der Waals surface area contributed by atoms with Gasteiger partial charge < -0.3 is 17.2 Å². The Bertz CT molecular complexity index is 266. The molecule has 0 amide bonds. The Hall–Kier alpha value is -1.54. The highest BCUT2D eigenvalue weighted by atomic mass is 35.5.